The molecule has 62 valence electrons. The van der Waals surface area contributed by atoms with Crippen molar-refractivity contribution in [1.82, 2.24) is 0 Å². The lowest BCUT2D eigenvalue weighted by Crippen LogP contribution is -2.33. The number of hydrogen-bond acceptors (Lipinski definition) is 2. The van der Waals surface area contributed by atoms with Gasteiger partial charge in [0.1, 0.15) is 4.75 Å². The summed E-state index contributed by atoms with van der Waals surface area (Å²) in [6, 6.07) is 2.44. The van der Waals surface area contributed by atoms with E-state index in [0.29, 0.717) is 5.25 Å². The monoisotopic (exact) mass is 169 g/mol. The van der Waals surface area contributed by atoms with Crippen molar-refractivity contribution in [3.63, 3.8) is 0 Å². The van der Waals surface area contributed by atoms with Crippen LogP contribution in [-0.2, 0) is 0 Å². The third kappa shape index (κ3) is 1.90. The maximum absolute atomic E-state index is 8.91. The maximum Gasteiger partial charge on any atom is 0.103 e. The van der Waals surface area contributed by atoms with Gasteiger partial charge in [0.2, 0.25) is 0 Å². The van der Waals surface area contributed by atoms with Crippen LogP contribution < -0.4 is 0 Å². The Morgan fingerprint density at radius 3 is 2.55 bits per heavy atom. The van der Waals surface area contributed by atoms with Gasteiger partial charge in [-0.15, -0.1) is 11.8 Å². The Hall–Kier alpha value is -0.160. The summed E-state index contributed by atoms with van der Waals surface area (Å²) in [6.45, 7) is 4.39. The van der Waals surface area contributed by atoms with Crippen LogP contribution in [0, 0.1) is 11.3 Å². The van der Waals surface area contributed by atoms with Crippen molar-refractivity contribution < 1.29 is 0 Å². The normalized spacial score (nSPS) is 23.4. The van der Waals surface area contributed by atoms with Crippen molar-refractivity contribution in [3.05, 3.63) is 0 Å². The number of nitrogens with zero attached hydrogens (tertiary/aromatic N) is 1. The van der Waals surface area contributed by atoms with Gasteiger partial charge < -0.3 is 0 Å². The Kier molecular flexibility index (Phi) is 2.84. The zero-order valence-corrected chi connectivity index (χ0v) is 8.08. The summed E-state index contributed by atoms with van der Waals surface area (Å²) in [4.78, 5) is 0. The van der Waals surface area contributed by atoms with E-state index in [0.717, 1.165) is 12.8 Å². The van der Waals surface area contributed by atoms with E-state index < -0.39 is 0 Å². The fraction of sp³-hybridized carbons (Fsp3) is 0.889. The highest BCUT2D eigenvalue weighted by molar-refractivity contribution is 8.01. The highest BCUT2D eigenvalue weighted by atomic mass is 32.2. The molecule has 1 nitrogen and oxygen atoms in total. The summed E-state index contributed by atoms with van der Waals surface area (Å²) in [5, 5.41) is 9.56. The molecule has 1 atom stereocenters. The van der Waals surface area contributed by atoms with Crippen molar-refractivity contribution in [2.75, 3.05) is 0 Å². The minimum absolute atomic E-state index is 0.00935. The molecule has 0 aromatic carbocycles. The van der Waals surface area contributed by atoms with Crippen LogP contribution in [0.1, 0.15) is 39.5 Å². The van der Waals surface area contributed by atoms with Crippen LogP contribution in [0.5, 0.6) is 0 Å². The molecule has 0 saturated heterocycles. The Balaban J connectivity index is 2.40. The molecule has 0 amide bonds. The molecule has 1 fully saturated rings. The van der Waals surface area contributed by atoms with Crippen molar-refractivity contribution in [2.45, 2.75) is 49.5 Å². The molecule has 0 aliphatic heterocycles. The summed E-state index contributed by atoms with van der Waals surface area (Å²) < 4.78 is 0.00935. The van der Waals surface area contributed by atoms with E-state index >= 15 is 0 Å². The highest BCUT2D eigenvalue weighted by Gasteiger charge is 2.38. The molecule has 0 aromatic heterocycles. The Bertz CT molecular complexity index is 167. The second kappa shape index (κ2) is 3.49. The van der Waals surface area contributed by atoms with Crippen LogP contribution in [0.4, 0.5) is 0 Å². The van der Waals surface area contributed by atoms with E-state index in [9.17, 15) is 0 Å². The van der Waals surface area contributed by atoms with Crippen LogP contribution in [0.15, 0.2) is 0 Å². The van der Waals surface area contributed by atoms with Gasteiger partial charge in [-0.05, 0) is 25.7 Å². The first-order valence-corrected chi connectivity index (χ1v) is 5.19. The zero-order valence-electron chi connectivity index (χ0n) is 7.26. The molecule has 0 aromatic rings. The second-order valence-electron chi connectivity index (χ2n) is 3.30. The zero-order chi connectivity index (χ0) is 8.32. The molecular formula is C9H15NS. The number of rotatable bonds is 3. The van der Waals surface area contributed by atoms with Gasteiger partial charge in [-0.25, -0.2) is 0 Å². The Morgan fingerprint density at radius 2 is 2.27 bits per heavy atom. The van der Waals surface area contributed by atoms with Crippen LogP contribution in [-0.4, -0.2) is 10.00 Å². The summed E-state index contributed by atoms with van der Waals surface area (Å²) in [6.07, 6.45) is 4.64. The topological polar surface area (TPSA) is 23.8 Å². The van der Waals surface area contributed by atoms with Crippen molar-refractivity contribution in [2.24, 2.45) is 0 Å². The van der Waals surface area contributed by atoms with Crippen LogP contribution in [0.25, 0.3) is 0 Å². The molecule has 0 bridgehead atoms. The van der Waals surface area contributed by atoms with Gasteiger partial charge in [0.05, 0.1) is 6.07 Å². The molecule has 2 heteroatoms. The molecule has 1 rings (SSSR count). The van der Waals surface area contributed by atoms with E-state index in [1.807, 2.05) is 11.8 Å². The van der Waals surface area contributed by atoms with Gasteiger partial charge in [-0.3, -0.25) is 0 Å². The van der Waals surface area contributed by atoms with E-state index in [2.05, 4.69) is 19.9 Å². The fourth-order valence-corrected chi connectivity index (χ4v) is 2.74. The molecule has 0 heterocycles. The average Bonchev–Trinajstić information content (AvgIpc) is 1.96. The molecule has 0 spiro atoms. The number of thioether (sulfide) groups is 1. The van der Waals surface area contributed by atoms with E-state index in [-0.39, 0.29) is 4.75 Å². The maximum atomic E-state index is 8.91. The third-order valence-electron chi connectivity index (χ3n) is 2.37. The van der Waals surface area contributed by atoms with Crippen molar-refractivity contribution in [3.8, 4) is 6.07 Å². The van der Waals surface area contributed by atoms with Crippen LogP contribution in [0.2, 0.25) is 0 Å². The molecule has 1 aliphatic rings. The first-order chi connectivity index (χ1) is 5.22. The summed E-state index contributed by atoms with van der Waals surface area (Å²) >= 11 is 1.87. The minimum Gasteiger partial charge on any atom is -0.197 e. The standard InChI is InChI=1S/C9H15NS/c1-3-8(2)11-9(7-10)5-4-6-9/h8H,3-6H2,1-2H3. The first kappa shape index (κ1) is 8.93. The Morgan fingerprint density at radius 1 is 1.64 bits per heavy atom. The molecular weight excluding hydrogens is 154 g/mol. The molecule has 0 N–H and O–H groups in total. The smallest absolute Gasteiger partial charge is 0.103 e. The first-order valence-electron chi connectivity index (χ1n) is 4.31. The molecule has 1 saturated carbocycles. The highest BCUT2D eigenvalue weighted by Crippen LogP contribution is 2.45. The third-order valence-corrected chi connectivity index (χ3v) is 4.05. The predicted molar refractivity (Wildman–Crippen MR) is 49.5 cm³/mol. The van der Waals surface area contributed by atoms with Gasteiger partial charge >= 0.3 is 0 Å². The lowest BCUT2D eigenvalue weighted by Gasteiger charge is -2.36. The minimum atomic E-state index is 0.00935. The fourth-order valence-electron chi connectivity index (χ4n) is 1.22. The Labute approximate surface area is 73.2 Å². The lowest BCUT2D eigenvalue weighted by atomic mass is 9.86. The molecule has 1 unspecified atom stereocenters. The van der Waals surface area contributed by atoms with Gasteiger partial charge in [0.15, 0.2) is 0 Å². The summed E-state index contributed by atoms with van der Waals surface area (Å²) in [5.74, 6) is 0. The SMILES string of the molecule is CCC(C)SC1(C#N)CCC1. The van der Waals surface area contributed by atoms with Gasteiger partial charge in [0, 0.05) is 5.25 Å². The van der Waals surface area contributed by atoms with Gasteiger partial charge in [-0.1, -0.05) is 13.8 Å². The van der Waals surface area contributed by atoms with Gasteiger partial charge in [0.25, 0.3) is 0 Å². The summed E-state index contributed by atoms with van der Waals surface area (Å²) in [5.41, 5.74) is 0. The second-order valence-corrected chi connectivity index (χ2v) is 5.12. The van der Waals surface area contributed by atoms with Crippen molar-refractivity contribution >= 4 is 11.8 Å². The largest absolute Gasteiger partial charge is 0.197 e. The van der Waals surface area contributed by atoms with E-state index in [4.69, 9.17) is 5.26 Å². The lowest BCUT2D eigenvalue weighted by molar-refractivity contribution is 0.438. The summed E-state index contributed by atoms with van der Waals surface area (Å²) in [7, 11) is 0. The van der Waals surface area contributed by atoms with E-state index in [1.165, 1.54) is 12.8 Å². The molecule has 0 radical (unpaired) electrons. The van der Waals surface area contributed by atoms with E-state index in [1.54, 1.807) is 0 Å². The average molecular weight is 169 g/mol. The predicted octanol–water partition coefficient (Wildman–Crippen LogP) is 2.96. The molecule has 1 aliphatic carbocycles. The number of hydrogen-bond donors (Lipinski definition) is 0. The molecule has 11 heavy (non-hydrogen) atoms. The van der Waals surface area contributed by atoms with Crippen molar-refractivity contribution in [1.29, 1.82) is 5.26 Å². The number of nitriles is 1. The van der Waals surface area contributed by atoms with Gasteiger partial charge in [-0.2, -0.15) is 5.26 Å². The van der Waals surface area contributed by atoms with Crippen LogP contribution in [0.3, 0.4) is 0 Å². The van der Waals surface area contributed by atoms with Crippen LogP contribution >= 0.6 is 11.8 Å². The quantitative estimate of drug-likeness (QED) is 0.648.